The number of benzene rings is 3. The van der Waals surface area contributed by atoms with Crippen molar-refractivity contribution in [1.82, 2.24) is 0 Å². The van der Waals surface area contributed by atoms with Gasteiger partial charge in [0.2, 0.25) is 5.69 Å². The van der Waals surface area contributed by atoms with Crippen molar-refractivity contribution >= 4 is 27.9 Å². The summed E-state index contributed by atoms with van der Waals surface area (Å²) in [5.74, 6) is 0. The summed E-state index contributed by atoms with van der Waals surface area (Å²) in [4.78, 5) is 2.33. The summed E-state index contributed by atoms with van der Waals surface area (Å²) in [5, 5.41) is 2.66. The molecule has 2 nitrogen and oxygen atoms in total. The molecule has 3 aromatic carbocycles. The SMILES string of the molecule is CC.CN1C(=CC=CC2=[N+](C)c3ccc4ccccc4c3C2(C)C)C(C)(C)c2ccccc21. The van der Waals surface area contributed by atoms with Crippen molar-refractivity contribution < 1.29 is 4.58 Å². The van der Waals surface area contributed by atoms with E-state index in [9.17, 15) is 0 Å². The second-order valence-corrected chi connectivity index (χ2v) is 9.86. The lowest BCUT2D eigenvalue weighted by molar-refractivity contribution is -0.401. The topological polar surface area (TPSA) is 6.25 Å². The first-order chi connectivity index (χ1) is 15.7. The molecular formula is C31H37N2+. The molecule has 0 aromatic heterocycles. The van der Waals surface area contributed by atoms with E-state index in [1.165, 1.54) is 44.7 Å². The van der Waals surface area contributed by atoms with Gasteiger partial charge in [0, 0.05) is 41.6 Å². The fraction of sp³-hybridized carbons (Fsp3) is 0.323. The van der Waals surface area contributed by atoms with E-state index in [1.807, 2.05) is 13.8 Å². The second kappa shape index (κ2) is 8.33. The molecule has 0 aliphatic carbocycles. The third-order valence-electron chi connectivity index (χ3n) is 7.34. The van der Waals surface area contributed by atoms with Crippen molar-refractivity contribution in [2.24, 2.45) is 0 Å². The van der Waals surface area contributed by atoms with Gasteiger partial charge in [-0.1, -0.05) is 76.2 Å². The van der Waals surface area contributed by atoms with E-state index in [-0.39, 0.29) is 10.8 Å². The van der Waals surface area contributed by atoms with Gasteiger partial charge in [0.15, 0.2) is 5.71 Å². The molecule has 5 rings (SSSR count). The highest BCUT2D eigenvalue weighted by molar-refractivity contribution is 6.07. The Morgan fingerprint density at radius 3 is 2.21 bits per heavy atom. The van der Waals surface area contributed by atoms with E-state index in [0.29, 0.717) is 0 Å². The predicted octanol–water partition coefficient (Wildman–Crippen LogP) is 7.74. The minimum atomic E-state index is -0.0555. The summed E-state index contributed by atoms with van der Waals surface area (Å²) >= 11 is 0. The minimum absolute atomic E-state index is 0.00336. The Kier molecular flexibility index (Phi) is 5.82. The predicted molar refractivity (Wildman–Crippen MR) is 144 cm³/mol. The van der Waals surface area contributed by atoms with E-state index in [2.05, 4.69) is 130 Å². The Morgan fingerprint density at radius 1 is 0.818 bits per heavy atom. The molecule has 0 unspecified atom stereocenters. The lowest BCUT2D eigenvalue weighted by atomic mass is 9.79. The quantitative estimate of drug-likeness (QED) is 0.372. The van der Waals surface area contributed by atoms with Gasteiger partial charge in [-0.15, -0.1) is 0 Å². The summed E-state index contributed by atoms with van der Waals surface area (Å²) in [6.07, 6.45) is 6.83. The molecule has 0 atom stereocenters. The standard InChI is InChI=1S/C29H31N2.C2H6/c1-28(2)22-14-9-10-15-23(22)30(5)25(28)16-11-17-26-29(3,4)27-21-13-8-7-12-20(21)18-19-24(27)31(26)6;1-2/h7-19H,1-6H3;1-2H3/q+1;. The van der Waals surface area contributed by atoms with Crippen LogP contribution in [0.4, 0.5) is 11.4 Å². The number of rotatable bonds is 2. The van der Waals surface area contributed by atoms with E-state index < -0.39 is 0 Å². The van der Waals surface area contributed by atoms with Crippen LogP contribution < -0.4 is 4.90 Å². The molecular weight excluding hydrogens is 400 g/mol. The molecule has 2 heteroatoms. The Morgan fingerprint density at radius 2 is 1.48 bits per heavy atom. The average Bonchev–Trinajstić information content (AvgIpc) is 3.14. The van der Waals surface area contributed by atoms with E-state index in [4.69, 9.17) is 0 Å². The molecule has 0 radical (unpaired) electrons. The lowest BCUT2D eigenvalue weighted by Crippen LogP contribution is -2.27. The maximum absolute atomic E-state index is 2.36. The van der Waals surface area contributed by atoms with Crippen LogP contribution in [0.1, 0.15) is 52.7 Å². The van der Waals surface area contributed by atoms with Gasteiger partial charge in [-0.3, -0.25) is 0 Å². The van der Waals surface area contributed by atoms with Gasteiger partial charge >= 0.3 is 0 Å². The fourth-order valence-electron chi connectivity index (χ4n) is 5.73. The molecule has 0 saturated carbocycles. The van der Waals surface area contributed by atoms with Gasteiger partial charge in [-0.25, -0.2) is 0 Å². The Balaban J connectivity index is 0.00000126. The first-order valence-electron chi connectivity index (χ1n) is 12.1. The van der Waals surface area contributed by atoms with Crippen molar-refractivity contribution in [1.29, 1.82) is 0 Å². The Bertz CT molecular complexity index is 1300. The van der Waals surface area contributed by atoms with Crippen molar-refractivity contribution in [3.8, 4) is 0 Å². The van der Waals surface area contributed by atoms with Crippen LogP contribution in [0, 0.1) is 0 Å². The number of allylic oxidation sites excluding steroid dienone is 4. The zero-order valence-electron chi connectivity index (χ0n) is 21.4. The minimum Gasteiger partial charge on any atom is -0.347 e. The van der Waals surface area contributed by atoms with Gasteiger partial charge in [-0.05, 0) is 48.4 Å². The van der Waals surface area contributed by atoms with E-state index >= 15 is 0 Å². The number of para-hydroxylation sites is 1. The maximum atomic E-state index is 2.36. The number of hydrogen-bond acceptors (Lipinski definition) is 1. The molecule has 0 bridgehead atoms. The molecule has 2 aliphatic rings. The Hall–Kier alpha value is -3.13. The van der Waals surface area contributed by atoms with Gasteiger partial charge in [0.05, 0.1) is 5.41 Å². The number of nitrogens with zero attached hydrogens (tertiary/aromatic N) is 2. The smallest absolute Gasteiger partial charge is 0.210 e. The first-order valence-corrected chi connectivity index (χ1v) is 12.1. The maximum Gasteiger partial charge on any atom is 0.210 e. The van der Waals surface area contributed by atoms with Crippen molar-refractivity contribution in [3.63, 3.8) is 0 Å². The molecule has 0 amide bonds. The Labute approximate surface area is 199 Å². The lowest BCUT2D eigenvalue weighted by Gasteiger charge is -2.23. The number of fused-ring (bicyclic) bond motifs is 4. The summed E-state index contributed by atoms with van der Waals surface area (Å²) in [5.41, 5.74) is 8.02. The summed E-state index contributed by atoms with van der Waals surface area (Å²) in [6.45, 7) is 13.3. The third kappa shape index (κ3) is 3.44. The number of anilines is 1. The van der Waals surface area contributed by atoms with Crippen molar-refractivity contribution in [2.75, 3.05) is 19.0 Å². The van der Waals surface area contributed by atoms with E-state index in [1.54, 1.807) is 0 Å². The van der Waals surface area contributed by atoms with Gasteiger partial charge in [-0.2, -0.15) is 4.58 Å². The largest absolute Gasteiger partial charge is 0.347 e. The molecule has 3 aromatic rings. The van der Waals surface area contributed by atoms with Gasteiger partial charge < -0.3 is 4.90 Å². The van der Waals surface area contributed by atoms with Crippen molar-refractivity contribution in [3.05, 3.63) is 95.7 Å². The normalized spacial score (nSPS) is 19.2. The average molecular weight is 438 g/mol. The highest BCUT2D eigenvalue weighted by Crippen LogP contribution is 2.47. The van der Waals surface area contributed by atoms with Crippen LogP contribution in [0.3, 0.4) is 0 Å². The molecule has 0 N–H and O–H groups in total. The van der Waals surface area contributed by atoms with Crippen LogP contribution >= 0.6 is 0 Å². The van der Waals surface area contributed by atoms with Crippen LogP contribution in [0.25, 0.3) is 10.8 Å². The number of hydrogen-bond donors (Lipinski definition) is 0. The summed E-state index contributed by atoms with van der Waals surface area (Å²) in [7, 11) is 4.37. The van der Waals surface area contributed by atoms with Crippen LogP contribution in [0.5, 0.6) is 0 Å². The van der Waals surface area contributed by atoms with Crippen LogP contribution in [0.15, 0.2) is 84.6 Å². The molecule has 0 saturated heterocycles. The number of likely N-dealkylation sites (N-methyl/N-ethyl adjacent to an activating group) is 1. The molecule has 2 heterocycles. The molecule has 170 valence electrons. The molecule has 33 heavy (non-hydrogen) atoms. The van der Waals surface area contributed by atoms with Crippen molar-refractivity contribution in [2.45, 2.75) is 52.4 Å². The first kappa shape index (κ1) is 23.0. The van der Waals surface area contributed by atoms with Gasteiger partial charge in [0.25, 0.3) is 0 Å². The van der Waals surface area contributed by atoms with Crippen LogP contribution in [-0.4, -0.2) is 24.4 Å². The summed E-state index contributed by atoms with van der Waals surface area (Å²) < 4.78 is 2.36. The fourth-order valence-corrected chi connectivity index (χ4v) is 5.73. The monoisotopic (exact) mass is 437 g/mol. The highest BCUT2D eigenvalue weighted by Gasteiger charge is 2.44. The van der Waals surface area contributed by atoms with Crippen LogP contribution in [-0.2, 0) is 10.8 Å². The third-order valence-corrected chi connectivity index (χ3v) is 7.34. The molecule has 0 spiro atoms. The highest BCUT2D eigenvalue weighted by atomic mass is 15.2. The second-order valence-electron chi connectivity index (χ2n) is 9.86. The van der Waals surface area contributed by atoms with Gasteiger partial charge in [0.1, 0.15) is 7.05 Å². The zero-order valence-corrected chi connectivity index (χ0v) is 21.4. The molecule has 0 fully saturated rings. The molecule has 2 aliphatic heterocycles. The summed E-state index contributed by atoms with van der Waals surface area (Å²) in [6, 6.07) is 22.0. The van der Waals surface area contributed by atoms with E-state index in [0.717, 1.165) is 0 Å². The van der Waals surface area contributed by atoms with Crippen LogP contribution in [0.2, 0.25) is 0 Å². The zero-order chi connectivity index (χ0) is 24.0.